The maximum absolute atomic E-state index is 13.9. The average molecular weight is 252 g/mol. The first-order valence-corrected chi connectivity index (χ1v) is 5.54. The Morgan fingerprint density at radius 3 is 3.06 bits per heavy atom. The summed E-state index contributed by atoms with van der Waals surface area (Å²) >= 11 is 0. The molecular weight excluding hydrogens is 240 g/mol. The van der Waals surface area contributed by atoms with Crippen LogP contribution in [0.4, 0.5) is 10.2 Å². The summed E-state index contributed by atoms with van der Waals surface area (Å²) in [5, 5.41) is 8.99. The van der Waals surface area contributed by atoms with Gasteiger partial charge < -0.3 is 15.6 Å². The Labute approximate surface area is 101 Å². The van der Waals surface area contributed by atoms with E-state index in [2.05, 4.69) is 15.0 Å². The Bertz CT molecular complexity index is 574. The summed E-state index contributed by atoms with van der Waals surface area (Å²) in [6.07, 6.45) is 0.328. The van der Waals surface area contributed by atoms with Crippen molar-refractivity contribution in [1.82, 2.24) is 19.5 Å². The molecule has 1 fully saturated rings. The lowest BCUT2D eigenvalue weighted by Crippen LogP contribution is -2.16. The number of alkyl halides is 1. The van der Waals surface area contributed by atoms with E-state index in [0.29, 0.717) is 11.2 Å². The summed E-state index contributed by atoms with van der Waals surface area (Å²) in [5.41, 5.74) is 6.50. The zero-order valence-corrected chi connectivity index (χ0v) is 9.40. The van der Waals surface area contributed by atoms with E-state index in [1.807, 2.05) is 0 Å². The molecule has 1 aliphatic heterocycles. The molecule has 1 saturated heterocycles. The van der Waals surface area contributed by atoms with Crippen molar-refractivity contribution in [2.45, 2.75) is 24.9 Å². The average Bonchev–Trinajstić information content (AvgIpc) is 2.93. The molecule has 0 spiro atoms. The van der Waals surface area contributed by atoms with Crippen LogP contribution < -0.4 is 5.73 Å². The van der Waals surface area contributed by atoms with Crippen LogP contribution >= 0.6 is 0 Å². The molecule has 1 unspecified atom stereocenters. The number of aliphatic hydroxyl groups excluding tert-OH is 1. The van der Waals surface area contributed by atoms with Crippen molar-refractivity contribution in [2.75, 3.05) is 12.3 Å². The lowest BCUT2D eigenvalue weighted by atomic mass is 10.2. The molecule has 96 valence electrons. The van der Waals surface area contributed by atoms with Crippen LogP contribution in [0, 0.1) is 0 Å². The van der Waals surface area contributed by atoms with Gasteiger partial charge >= 0.3 is 0 Å². The molecule has 8 heteroatoms. The largest absolute Gasteiger partial charge is 0.394 e. The fraction of sp³-hybridized carbons (Fsp3) is 0.500. The predicted molar refractivity (Wildman–Crippen MR) is 60.2 cm³/mol. The smallest absolute Gasteiger partial charge is 0.168 e. The number of aromatic nitrogens is 4. The van der Waals surface area contributed by atoms with Crippen molar-refractivity contribution in [3.8, 4) is 0 Å². The van der Waals surface area contributed by atoms with Gasteiger partial charge in [0, 0.05) is 6.42 Å². The number of rotatable bonds is 2. The molecule has 0 radical (unpaired) electrons. The third-order valence-corrected chi connectivity index (χ3v) is 2.99. The fourth-order valence-electron chi connectivity index (χ4n) is 2.12. The number of nitrogens with two attached hydrogens (primary N) is 1. The molecular formula is C10H12FN5O2. The minimum absolute atomic E-state index is 0.154. The summed E-state index contributed by atoms with van der Waals surface area (Å²) in [7, 11) is 0. The van der Waals surface area contributed by atoms with Crippen LogP contribution in [0.5, 0.6) is 0 Å². The lowest BCUT2D eigenvalue weighted by Gasteiger charge is -2.15. The molecule has 0 saturated carbocycles. The van der Waals surface area contributed by atoms with Gasteiger partial charge in [0.1, 0.15) is 18.0 Å². The molecule has 7 nitrogen and oxygen atoms in total. The number of hydrogen-bond donors (Lipinski definition) is 2. The first kappa shape index (κ1) is 11.3. The fourth-order valence-corrected chi connectivity index (χ4v) is 2.12. The zero-order chi connectivity index (χ0) is 12.7. The highest BCUT2D eigenvalue weighted by Gasteiger charge is 2.37. The Kier molecular flexibility index (Phi) is 2.60. The van der Waals surface area contributed by atoms with Gasteiger partial charge in [-0.25, -0.2) is 19.3 Å². The van der Waals surface area contributed by atoms with Gasteiger partial charge in [0.2, 0.25) is 0 Å². The van der Waals surface area contributed by atoms with Gasteiger partial charge in [0.25, 0.3) is 0 Å². The first-order chi connectivity index (χ1) is 8.70. The van der Waals surface area contributed by atoms with Gasteiger partial charge in [-0.15, -0.1) is 0 Å². The van der Waals surface area contributed by atoms with Gasteiger partial charge in [-0.1, -0.05) is 0 Å². The maximum Gasteiger partial charge on any atom is 0.168 e. The number of imidazole rings is 1. The summed E-state index contributed by atoms with van der Waals surface area (Å²) in [5.74, 6) is 0.242. The highest BCUT2D eigenvalue weighted by atomic mass is 18.2. The molecule has 1 aliphatic rings. The van der Waals surface area contributed by atoms with Crippen LogP contribution in [0.1, 0.15) is 12.6 Å². The van der Waals surface area contributed by atoms with Crippen LogP contribution in [0.15, 0.2) is 12.7 Å². The minimum atomic E-state index is -1.21. The quantitative estimate of drug-likeness (QED) is 0.782. The molecule has 0 aromatic carbocycles. The number of aliphatic hydroxyl groups is 1. The van der Waals surface area contributed by atoms with Crippen LogP contribution in [0.3, 0.4) is 0 Å². The van der Waals surface area contributed by atoms with Crippen LogP contribution in [0.25, 0.3) is 11.2 Å². The molecule has 3 atom stereocenters. The van der Waals surface area contributed by atoms with E-state index < -0.39 is 18.5 Å². The van der Waals surface area contributed by atoms with E-state index in [0.717, 1.165) is 0 Å². The van der Waals surface area contributed by atoms with Gasteiger partial charge in [-0.05, 0) is 0 Å². The SMILES string of the molecule is Nc1ncnc2c1ncn2[C@@H]1O[C@H](CO)CC1[18F]. The third kappa shape index (κ3) is 1.61. The van der Waals surface area contributed by atoms with Crippen molar-refractivity contribution >= 4 is 17.0 Å². The topological polar surface area (TPSA) is 99.1 Å². The number of nitrogen functional groups attached to an aromatic ring is 1. The number of anilines is 1. The summed E-state index contributed by atoms with van der Waals surface area (Å²) in [6.45, 7) is -0.208. The van der Waals surface area contributed by atoms with Crippen LogP contribution in [0.2, 0.25) is 0 Å². The molecule has 18 heavy (non-hydrogen) atoms. The Morgan fingerprint density at radius 1 is 1.50 bits per heavy atom. The Morgan fingerprint density at radius 2 is 2.33 bits per heavy atom. The van der Waals surface area contributed by atoms with Crippen molar-refractivity contribution < 1.29 is 14.2 Å². The number of halogens is 1. The first-order valence-electron chi connectivity index (χ1n) is 5.54. The van der Waals surface area contributed by atoms with Crippen LogP contribution in [-0.2, 0) is 4.74 Å². The molecule has 2 aromatic rings. The minimum Gasteiger partial charge on any atom is -0.394 e. The van der Waals surface area contributed by atoms with E-state index >= 15 is 0 Å². The number of hydrogen-bond acceptors (Lipinski definition) is 6. The summed E-state index contributed by atoms with van der Waals surface area (Å²) < 4.78 is 20.7. The number of nitrogens with zero attached hydrogens (tertiary/aromatic N) is 4. The Hall–Kier alpha value is -1.80. The maximum atomic E-state index is 13.9. The van der Waals surface area contributed by atoms with Gasteiger partial charge in [-0.3, -0.25) is 4.57 Å². The van der Waals surface area contributed by atoms with E-state index in [-0.39, 0.29) is 18.8 Å². The second-order valence-corrected chi connectivity index (χ2v) is 4.17. The van der Waals surface area contributed by atoms with E-state index in [9.17, 15) is 4.39 Å². The standard InChI is InChI=1S/C10H12FN5O2/c11-6-1-5(2-17)18-10(6)16-4-15-7-8(12)13-3-14-9(7)16/h3-6,10,17H,1-2H2,(H2,12,13,14)/t5-,6?,10+/m0/s1/i11-1. The lowest BCUT2D eigenvalue weighted by molar-refractivity contribution is -0.0351. The normalized spacial score (nSPS) is 28.0. The molecule has 3 heterocycles. The van der Waals surface area contributed by atoms with Gasteiger partial charge in [-0.2, -0.15) is 0 Å². The Balaban J connectivity index is 2.02. The molecule has 0 bridgehead atoms. The van der Waals surface area contributed by atoms with Crippen molar-refractivity contribution in [3.63, 3.8) is 0 Å². The van der Waals surface area contributed by atoms with Crippen molar-refractivity contribution in [3.05, 3.63) is 12.7 Å². The summed E-state index contributed by atoms with van der Waals surface area (Å²) in [4.78, 5) is 11.9. The van der Waals surface area contributed by atoms with Gasteiger partial charge in [0.05, 0.1) is 19.0 Å². The zero-order valence-electron chi connectivity index (χ0n) is 9.40. The monoisotopic (exact) mass is 252 g/mol. The predicted octanol–water partition coefficient (Wildman–Crippen LogP) is 0.0264. The van der Waals surface area contributed by atoms with E-state index in [1.54, 1.807) is 0 Å². The second kappa shape index (κ2) is 4.14. The van der Waals surface area contributed by atoms with Crippen molar-refractivity contribution in [1.29, 1.82) is 0 Å². The molecule has 3 N–H and O–H groups in total. The van der Waals surface area contributed by atoms with E-state index in [4.69, 9.17) is 15.6 Å². The number of ether oxygens (including phenoxy) is 1. The molecule has 3 rings (SSSR count). The van der Waals surface area contributed by atoms with Crippen molar-refractivity contribution in [2.24, 2.45) is 0 Å². The second-order valence-electron chi connectivity index (χ2n) is 4.17. The van der Waals surface area contributed by atoms with Gasteiger partial charge in [0.15, 0.2) is 17.7 Å². The molecule has 2 aromatic heterocycles. The molecule has 0 amide bonds. The molecule has 0 aliphatic carbocycles. The van der Waals surface area contributed by atoms with Crippen LogP contribution in [-0.4, -0.2) is 43.5 Å². The highest BCUT2D eigenvalue weighted by Crippen LogP contribution is 2.33. The number of fused-ring (bicyclic) bond motifs is 1. The third-order valence-electron chi connectivity index (χ3n) is 2.99. The highest BCUT2D eigenvalue weighted by molar-refractivity contribution is 5.81. The summed E-state index contributed by atoms with van der Waals surface area (Å²) in [6, 6.07) is 0. The van der Waals surface area contributed by atoms with E-state index in [1.165, 1.54) is 17.2 Å².